The molecule has 0 radical (unpaired) electrons. The van der Waals surface area contributed by atoms with Crippen molar-refractivity contribution in [3.05, 3.63) is 83.4 Å². The van der Waals surface area contributed by atoms with Crippen LogP contribution in [0.4, 0.5) is 5.69 Å². The summed E-state index contributed by atoms with van der Waals surface area (Å²) in [6, 6.07) is 11.4. The van der Waals surface area contributed by atoms with E-state index in [9.17, 15) is 9.59 Å². The van der Waals surface area contributed by atoms with Crippen molar-refractivity contribution in [2.24, 2.45) is 0 Å². The maximum absolute atomic E-state index is 13.2. The van der Waals surface area contributed by atoms with E-state index in [2.05, 4.69) is 26.7 Å². The van der Waals surface area contributed by atoms with E-state index in [1.165, 1.54) is 0 Å². The SMILES string of the molecule is CCOc1cncc(C#Cc2cncc(C(=O)N3CCN(c4ccc(C(=O)N(CC)CC)cc4)CC3)c2)c1. The van der Waals surface area contributed by atoms with Crippen molar-refractivity contribution in [1.82, 2.24) is 19.8 Å². The van der Waals surface area contributed by atoms with Crippen LogP contribution >= 0.6 is 0 Å². The van der Waals surface area contributed by atoms with Crippen LogP contribution in [0, 0.1) is 11.8 Å². The van der Waals surface area contributed by atoms with E-state index in [-0.39, 0.29) is 11.8 Å². The van der Waals surface area contributed by atoms with Gasteiger partial charge >= 0.3 is 0 Å². The molecule has 0 saturated carbocycles. The molecule has 196 valence electrons. The van der Waals surface area contributed by atoms with Gasteiger partial charge < -0.3 is 19.4 Å². The highest BCUT2D eigenvalue weighted by molar-refractivity contribution is 5.95. The second-order valence-corrected chi connectivity index (χ2v) is 8.86. The molecule has 8 heteroatoms. The highest BCUT2D eigenvalue weighted by Gasteiger charge is 2.23. The molecule has 0 unspecified atom stereocenters. The lowest BCUT2D eigenvalue weighted by Crippen LogP contribution is -2.48. The van der Waals surface area contributed by atoms with Gasteiger partial charge in [0, 0.05) is 80.2 Å². The van der Waals surface area contributed by atoms with Crippen LogP contribution in [0.1, 0.15) is 52.6 Å². The summed E-state index contributed by atoms with van der Waals surface area (Å²) in [5.41, 5.74) is 3.66. The lowest BCUT2D eigenvalue weighted by atomic mass is 10.1. The first-order valence-electron chi connectivity index (χ1n) is 13.0. The Morgan fingerprint density at radius 2 is 1.47 bits per heavy atom. The van der Waals surface area contributed by atoms with Gasteiger partial charge in [0.1, 0.15) is 5.75 Å². The molecular weight excluding hydrogens is 478 g/mol. The summed E-state index contributed by atoms with van der Waals surface area (Å²) in [6.45, 7) is 10.5. The number of nitrogens with zero attached hydrogens (tertiary/aromatic N) is 5. The monoisotopic (exact) mass is 511 g/mol. The molecule has 0 bridgehead atoms. The van der Waals surface area contributed by atoms with Gasteiger partial charge in [-0.15, -0.1) is 0 Å². The number of aromatic nitrogens is 2. The molecule has 2 aromatic heterocycles. The largest absolute Gasteiger partial charge is 0.492 e. The minimum absolute atomic E-state index is 0.0493. The highest BCUT2D eigenvalue weighted by Crippen LogP contribution is 2.19. The zero-order valence-electron chi connectivity index (χ0n) is 22.2. The zero-order chi connectivity index (χ0) is 26.9. The molecule has 1 aliphatic heterocycles. The summed E-state index contributed by atoms with van der Waals surface area (Å²) < 4.78 is 5.47. The summed E-state index contributed by atoms with van der Waals surface area (Å²) in [5, 5.41) is 0. The summed E-state index contributed by atoms with van der Waals surface area (Å²) >= 11 is 0. The van der Waals surface area contributed by atoms with Crippen LogP contribution in [0.5, 0.6) is 5.75 Å². The molecule has 3 aromatic rings. The maximum Gasteiger partial charge on any atom is 0.255 e. The average molecular weight is 512 g/mol. The number of rotatable bonds is 7. The predicted octanol–water partition coefficient (Wildman–Crippen LogP) is 3.72. The Morgan fingerprint density at radius 1 is 0.842 bits per heavy atom. The van der Waals surface area contributed by atoms with Crippen LogP contribution in [0.15, 0.2) is 61.2 Å². The molecule has 38 heavy (non-hydrogen) atoms. The molecule has 1 fully saturated rings. The van der Waals surface area contributed by atoms with Crippen molar-refractivity contribution in [3.63, 3.8) is 0 Å². The summed E-state index contributed by atoms with van der Waals surface area (Å²) in [7, 11) is 0. The van der Waals surface area contributed by atoms with Gasteiger partial charge in [-0.2, -0.15) is 0 Å². The van der Waals surface area contributed by atoms with E-state index < -0.39 is 0 Å². The first kappa shape index (κ1) is 26.7. The number of carbonyl (C=O) groups excluding carboxylic acids is 2. The molecule has 2 amide bonds. The van der Waals surface area contributed by atoms with Gasteiger partial charge in [0.15, 0.2) is 0 Å². The molecule has 1 aliphatic rings. The van der Waals surface area contributed by atoms with Crippen LogP contribution in [-0.4, -0.2) is 77.5 Å². The van der Waals surface area contributed by atoms with E-state index in [0.29, 0.717) is 68.3 Å². The Kier molecular flexibility index (Phi) is 8.94. The number of carbonyl (C=O) groups is 2. The molecule has 0 N–H and O–H groups in total. The lowest BCUT2D eigenvalue weighted by molar-refractivity contribution is 0.0743. The van der Waals surface area contributed by atoms with Gasteiger partial charge in [0.05, 0.1) is 18.4 Å². The number of ether oxygens (including phenoxy) is 1. The predicted molar refractivity (Wildman–Crippen MR) is 147 cm³/mol. The van der Waals surface area contributed by atoms with Gasteiger partial charge in [-0.1, -0.05) is 11.8 Å². The quantitative estimate of drug-likeness (QED) is 0.450. The highest BCUT2D eigenvalue weighted by atomic mass is 16.5. The van der Waals surface area contributed by atoms with Crippen LogP contribution < -0.4 is 9.64 Å². The molecular formula is C30H33N5O3. The molecule has 3 heterocycles. The Labute approximate surface area is 224 Å². The minimum atomic E-state index is -0.0547. The summed E-state index contributed by atoms with van der Waals surface area (Å²) in [6.07, 6.45) is 6.56. The molecule has 8 nitrogen and oxygen atoms in total. The number of amides is 2. The van der Waals surface area contributed by atoms with E-state index in [0.717, 1.165) is 11.3 Å². The number of anilines is 1. The fraction of sp³-hybridized carbons (Fsp3) is 0.333. The van der Waals surface area contributed by atoms with Gasteiger partial charge in [0.25, 0.3) is 11.8 Å². The van der Waals surface area contributed by atoms with E-state index in [1.54, 1.807) is 30.9 Å². The lowest BCUT2D eigenvalue weighted by Gasteiger charge is -2.36. The molecule has 0 spiro atoms. The molecule has 4 rings (SSSR count). The summed E-state index contributed by atoms with van der Waals surface area (Å²) in [4.78, 5) is 40.0. The number of hydrogen-bond donors (Lipinski definition) is 0. The number of piperazine rings is 1. The third-order valence-electron chi connectivity index (χ3n) is 6.46. The second kappa shape index (κ2) is 12.7. The third kappa shape index (κ3) is 6.48. The fourth-order valence-corrected chi connectivity index (χ4v) is 4.36. The number of benzene rings is 1. The minimum Gasteiger partial charge on any atom is -0.492 e. The smallest absolute Gasteiger partial charge is 0.255 e. The van der Waals surface area contributed by atoms with Crippen molar-refractivity contribution in [2.75, 3.05) is 50.8 Å². The average Bonchev–Trinajstić information content (AvgIpc) is 2.97. The number of hydrogen-bond acceptors (Lipinski definition) is 6. The topological polar surface area (TPSA) is 78.9 Å². The Morgan fingerprint density at radius 3 is 2.11 bits per heavy atom. The fourth-order valence-electron chi connectivity index (χ4n) is 4.36. The van der Waals surface area contributed by atoms with Crippen molar-refractivity contribution >= 4 is 17.5 Å². The van der Waals surface area contributed by atoms with Crippen molar-refractivity contribution in [1.29, 1.82) is 0 Å². The Hall–Kier alpha value is -4.38. The van der Waals surface area contributed by atoms with Crippen molar-refractivity contribution in [2.45, 2.75) is 20.8 Å². The van der Waals surface area contributed by atoms with Crippen molar-refractivity contribution in [3.8, 4) is 17.6 Å². The van der Waals surface area contributed by atoms with Gasteiger partial charge in [0.2, 0.25) is 0 Å². The van der Waals surface area contributed by atoms with Crippen LogP contribution in [0.2, 0.25) is 0 Å². The molecule has 1 saturated heterocycles. The van der Waals surface area contributed by atoms with Crippen LogP contribution in [0.3, 0.4) is 0 Å². The zero-order valence-corrected chi connectivity index (χ0v) is 22.2. The van der Waals surface area contributed by atoms with Gasteiger partial charge in [-0.3, -0.25) is 19.6 Å². The number of pyridine rings is 2. The maximum atomic E-state index is 13.2. The third-order valence-corrected chi connectivity index (χ3v) is 6.46. The van der Waals surface area contributed by atoms with E-state index in [4.69, 9.17) is 4.74 Å². The Balaban J connectivity index is 1.36. The van der Waals surface area contributed by atoms with Crippen molar-refractivity contribution < 1.29 is 14.3 Å². The first-order chi connectivity index (χ1) is 18.5. The summed E-state index contributed by atoms with van der Waals surface area (Å²) in [5.74, 6) is 6.80. The van der Waals surface area contributed by atoms with Crippen LogP contribution in [-0.2, 0) is 0 Å². The van der Waals surface area contributed by atoms with Crippen LogP contribution in [0.25, 0.3) is 0 Å². The van der Waals surface area contributed by atoms with Gasteiger partial charge in [-0.25, -0.2) is 0 Å². The second-order valence-electron chi connectivity index (χ2n) is 8.86. The van der Waals surface area contributed by atoms with E-state index >= 15 is 0 Å². The Bertz CT molecular complexity index is 1320. The first-order valence-corrected chi connectivity index (χ1v) is 13.0. The van der Waals surface area contributed by atoms with E-state index in [1.807, 2.05) is 60.9 Å². The standard InChI is InChI=1S/C30H33N5O3/c1-4-33(5-2)29(36)25-9-11-27(12-10-25)34-13-15-35(16-14-34)30(37)26-17-23(19-31-21-26)7-8-24-18-28(38-6-3)22-32-20-24/h9-12,17-22H,4-6,13-16H2,1-3H3. The normalized spacial score (nSPS) is 12.9. The molecule has 1 aromatic carbocycles. The molecule has 0 aliphatic carbocycles. The van der Waals surface area contributed by atoms with Gasteiger partial charge in [-0.05, 0) is 57.2 Å². The molecule has 0 atom stereocenters.